The van der Waals surface area contributed by atoms with E-state index in [1.807, 2.05) is 44.4 Å². The molecule has 3 rings (SSSR count). The molecule has 5 heteroatoms. The fraction of sp³-hybridized carbons (Fsp3) is 0.481. The van der Waals surface area contributed by atoms with Gasteiger partial charge >= 0.3 is 5.97 Å². The Labute approximate surface area is 195 Å². The minimum Gasteiger partial charge on any atom is -0.478 e. The van der Waals surface area contributed by atoms with E-state index in [0.29, 0.717) is 11.7 Å². The second-order valence-corrected chi connectivity index (χ2v) is 10.3. The van der Waals surface area contributed by atoms with Gasteiger partial charge in [0.15, 0.2) is 11.4 Å². The van der Waals surface area contributed by atoms with E-state index in [2.05, 4.69) is 12.1 Å². The van der Waals surface area contributed by atoms with E-state index in [4.69, 9.17) is 4.74 Å². The fourth-order valence-electron chi connectivity index (χ4n) is 4.69. The van der Waals surface area contributed by atoms with Gasteiger partial charge in [0, 0.05) is 16.4 Å². The van der Waals surface area contributed by atoms with Crippen LogP contribution in [0, 0.1) is 25.7 Å². The van der Waals surface area contributed by atoms with Crippen molar-refractivity contribution in [3.63, 3.8) is 0 Å². The van der Waals surface area contributed by atoms with Crippen LogP contribution in [0.15, 0.2) is 41.3 Å². The van der Waals surface area contributed by atoms with Crippen LogP contribution in [-0.4, -0.2) is 28.7 Å². The average molecular weight is 455 g/mol. The van der Waals surface area contributed by atoms with E-state index in [1.165, 1.54) is 10.5 Å². The summed E-state index contributed by atoms with van der Waals surface area (Å²) in [6, 6.07) is 12.2. The molecule has 0 radical (unpaired) electrons. The molecule has 0 aromatic heterocycles. The van der Waals surface area contributed by atoms with Gasteiger partial charge in [-0.1, -0.05) is 30.7 Å². The van der Waals surface area contributed by atoms with Crippen molar-refractivity contribution in [3.05, 3.63) is 58.7 Å². The lowest BCUT2D eigenvalue weighted by molar-refractivity contribution is -0.152. The predicted octanol–water partition coefficient (Wildman–Crippen LogP) is 6.50. The lowest BCUT2D eigenvalue weighted by Crippen LogP contribution is -2.38. The first kappa shape index (κ1) is 24.4. The zero-order valence-electron chi connectivity index (χ0n) is 19.7. The lowest BCUT2D eigenvalue weighted by atomic mass is 9.84. The molecule has 32 heavy (non-hydrogen) atoms. The molecular formula is C27H34O4S. The van der Waals surface area contributed by atoms with E-state index in [9.17, 15) is 14.7 Å². The standard InChI is InChI=1S/C27H34O4S/c1-17-15-19(16-18(2)25(17)31-27(3,4)26(29)30)9-10-20-7-6-8-23(20)24(28)21-11-13-22(32-5)14-12-21/h11-16,20,23H,6-10H2,1-5H3,(H,29,30)/t20-,23+/m0/s1. The first-order valence-corrected chi connectivity index (χ1v) is 12.6. The number of thioether (sulfide) groups is 1. The lowest BCUT2D eigenvalue weighted by Gasteiger charge is -2.25. The molecule has 1 N–H and O–H groups in total. The van der Waals surface area contributed by atoms with Gasteiger partial charge in [-0.25, -0.2) is 4.79 Å². The Morgan fingerprint density at radius 3 is 2.28 bits per heavy atom. The number of rotatable bonds is 9. The molecule has 2 atom stereocenters. The van der Waals surface area contributed by atoms with Crippen molar-refractivity contribution in [2.24, 2.45) is 11.8 Å². The number of benzene rings is 2. The Morgan fingerprint density at radius 1 is 1.09 bits per heavy atom. The molecule has 0 bridgehead atoms. The zero-order chi connectivity index (χ0) is 23.5. The second-order valence-electron chi connectivity index (χ2n) is 9.41. The molecule has 1 aliphatic rings. The number of hydrogen-bond donors (Lipinski definition) is 1. The number of carbonyl (C=O) groups excluding carboxylic acids is 1. The maximum Gasteiger partial charge on any atom is 0.347 e. The number of ether oxygens (including phenoxy) is 1. The number of hydrogen-bond acceptors (Lipinski definition) is 4. The molecule has 2 aromatic rings. The molecule has 0 heterocycles. The maximum atomic E-state index is 13.1. The number of aliphatic carboxylic acids is 1. The molecule has 4 nitrogen and oxygen atoms in total. The molecule has 1 aliphatic carbocycles. The number of carboxylic acid groups (broad SMARTS) is 1. The summed E-state index contributed by atoms with van der Waals surface area (Å²) in [6.45, 7) is 7.05. The highest BCUT2D eigenvalue weighted by atomic mass is 32.2. The van der Waals surface area contributed by atoms with Crippen LogP contribution in [0.3, 0.4) is 0 Å². The van der Waals surface area contributed by atoms with Crippen LogP contribution in [-0.2, 0) is 11.2 Å². The Balaban J connectivity index is 1.67. The summed E-state index contributed by atoms with van der Waals surface area (Å²) >= 11 is 1.69. The number of aryl methyl sites for hydroxylation is 3. The first-order chi connectivity index (χ1) is 15.1. The van der Waals surface area contributed by atoms with Crippen molar-refractivity contribution in [1.82, 2.24) is 0 Å². The highest BCUT2D eigenvalue weighted by molar-refractivity contribution is 7.98. The maximum absolute atomic E-state index is 13.1. The Morgan fingerprint density at radius 2 is 1.72 bits per heavy atom. The van der Waals surface area contributed by atoms with Crippen LogP contribution >= 0.6 is 11.8 Å². The summed E-state index contributed by atoms with van der Waals surface area (Å²) in [7, 11) is 0. The smallest absolute Gasteiger partial charge is 0.347 e. The van der Waals surface area contributed by atoms with Crippen LogP contribution in [0.25, 0.3) is 0 Å². The highest BCUT2D eigenvalue weighted by Crippen LogP contribution is 2.38. The van der Waals surface area contributed by atoms with Gasteiger partial charge in [0.2, 0.25) is 0 Å². The van der Waals surface area contributed by atoms with E-state index in [1.54, 1.807) is 25.6 Å². The summed E-state index contributed by atoms with van der Waals surface area (Å²) in [5.41, 5.74) is 2.66. The quantitative estimate of drug-likeness (QED) is 0.346. The molecular weight excluding hydrogens is 420 g/mol. The molecule has 172 valence electrons. The number of carboxylic acids is 1. The number of ketones is 1. The van der Waals surface area contributed by atoms with Crippen LogP contribution in [0.1, 0.15) is 66.6 Å². The third-order valence-corrected chi connectivity index (χ3v) is 7.31. The Bertz CT molecular complexity index is 955. The SMILES string of the molecule is CSc1ccc(C(=O)[C@@H]2CCC[C@H]2CCc2cc(C)c(OC(C)(C)C(=O)O)c(C)c2)cc1. The average Bonchev–Trinajstić information content (AvgIpc) is 3.23. The molecule has 1 saturated carbocycles. The van der Waals surface area contributed by atoms with E-state index in [-0.39, 0.29) is 11.7 Å². The van der Waals surface area contributed by atoms with Crippen molar-refractivity contribution in [3.8, 4) is 5.75 Å². The predicted molar refractivity (Wildman–Crippen MR) is 130 cm³/mol. The van der Waals surface area contributed by atoms with E-state index >= 15 is 0 Å². The van der Waals surface area contributed by atoms with Crippen LogP contribution in [0.2, 0.25) is 0 Å². The molecule has 0 saturated heterocycles. The molecule has 0 aliphatic heterocycles. The normalized spacial score (nSPS) is 18.5. The zero-order valence-corrected chi connectivity index (χ0v) is 20.6. The topological polar surface area (TPSA) is 63.6 Å². The Kier molecular flexibility index (Phi) is 7.71. The van der Waals surface area contributed by atoms with E-state index < -0.39 is 11.6 Å². The second kappa shape index (κ2) is 10.1. The van der Waals surface area contributed by atoms with Gasteiger partial charge in [-0.15, -0.1) is 11.8 Å². The third kappa shape index (κ3) is 5.55. The molecule has 1 fully saturated rings. The van der Waals surface area contributed by atoms with Crippen LogP contribution in [0.4, 0.5) is 0 Å². The molecule has 2 aromatic carbocycles. The summed E-state index contributed by atoms with van der Waals surface area (Å²) in [5.74, 6) is 0.456. The van der Waals surface area contributed by atoms with Crippen LogP contribution in [0.5, 0.6) is 5.75 Å². The van der Waals surface area contributed by atoms with Gasteiger partial charge in [-0.2, -0.15) is 0 Å². The minimum atomic E-state index is -1.28. The summed E-state index contributed by atoms with van der Waals surface area (Å²) in [5, 5.41) is 9.37. The van der Waals surface area contributed by atoms with Gasteiger partial charge in [-0.3, -0.25) is 4.79 Å². The van der Waals surface area contributed by atoms with Gasteiger partial charge < -0.3 is 9.84 Å². The highest BCUT2D eigenvalue weighted by Gasteiger charge is 2.33. The monoisotopic (exact) mass is 454 g/mol. The van der Waals surface area contributed by atoms with Crippen molar-refractivity contribution in [2.45, 2.75) is 70.3 Å². The fourth-order valence-corrected chi connectivity index (χ4v) is 5.10. The van der Waals surface area contributed by atoms with Crippen LogP contribution < -0.4 is 4.74 Å². The van der Waals surface area contributed by atoms with Crippen molar-refractivity contribution < 1.29 is 19.4 Å². The van der Waals surface area contributed by atoms with Crippen molar-refractivity contribution in [1.29, 1.82) is 0 Å². The summed E-state index contributed by atoms with van der Waals surface area (Å²) in [6.07, 6.45) is 7.12. The van der Waals surface area contributed by atoms with Gasteiger partial charge in [0.05, 0.1) is 0 Å². The summed E-state index contributed by atoms with van der Waals surface area (Å²) < 4.78 is 5.83. The Hall–Kier alpha value is -2.27. The molecule has 0 spiro atoms. The van der Waals surface area contributed by atoms with Gasteiger partial charge in [0.1, 0.15) is 5.75 Å². The number of Topliss-reactive ketones (excluding diaryl/α,β-unsaturated/α-hetero) is 1. The molecule has 0 unspecified atom stereocenters. The van der Waals surface area contributed by atoms with E-state index in [0.717, 1.165) is 48.8 Å². The molecule has 0 amide bonds. The first-order valence-electron chi connectivity index (χ1n) is 11.3. The van der Waals surface area contributed by atoms with Crippen molar-refractivity contribution in [2.75, 3.05) is 6.26 Å². The van der Waals surface area contributed by atoms with Gasteiger partial charge in [-0.05, 0) is 94.4 Å². The minimum absolute atomic E-state index is 0.108. The number of carbonyl (C=O) groups is 2. The van der Waals surface area contributed by atoms with Crippen molar-refractivity contribution >= 4 is 23.5 Å². The largest absolute Gasteiger partial charge is 0.478 e. The third-order valence-electron chi connectivity index (χ3n) is 6.57. The van der Waals surface area contributed by atoms with Gasteiger partial charge in [0.25, 0.3) is 0 Å². The summed E-state index contributed by atoms with van der Waals surface area (Å²) in [4.78, 5) is 25.7.